The van der Waals surface area contributed by atoms with Gasteiger partial charge in [0.25, 0.3) is 10.0 Å². The molecule has 2 aromatic carbocycles. The van der Waals surface area contributed by atoms with Crippen molar-refractivity contribution in [3.63, 3.8) is 0 Å². The zero-order chi connectivity index (χ0) is 17.3. The quantitative estimate of drug-likeness (QED) is 0.884. The van der Waals surface area contributed by atoms with Gasteiger partial charge in [-0.2, -0.15) is 13.2 Å². The summed E-state index contributed by atoms with van der Waals surface area (Å²) in [5, 5.41) is -0.319. The fourth-order valence-corrected chi connectivity index (χ4v) is 3.41. The zero-order valence-electron chi connectivity index (χ0n) is 11.7. The molecule has 0 bridgehead atoms. The van der Waals surface area contributed by atoms with Crippen molar-refractivity contribution in [3.05, 3.63) is 53.1 Å². The second-order valence-electron chi connectivity index (χ2n) is 4.45. The van der Waals surface area contributed by atoms with Crippen LogP contribution < -0.4 is 9.46 Å². The van der Waals surface area contributed by atoms with E-state index in [0.717, 1.165) is 6.07 Å². The fourth-order valence-electron chi connectivity index (χ4n) is 1.81. The van der Waals surface area contributed by atoms with Gasteiger partial charge in [-0.3, -0.25) is 4.72 Å². The first-order chi connectivity index (χ1) is 10.6. The fraction of sp³-hybridized carbons (Fsp3) is 0.143. The van der Waals surface area contributed by atoms with Crippen molar-refractivity contribution in [2.24, 2.45) is 0 Å². The molecule has 0 aromatic heterocycles. The van der Waals surface area contributed by atoms with Gasteiger partial charge in [0.1, 0.15) is 10.6 Å². The van der Waals surface area contributed by atoms with Crippen LogP contribution in [-0.4, -0.2) is 15.5 Å². The maximum atomic E-state index is 12.8. The van der Waals surface area contributed by atoms with E-state index in [0.29, 0.717) is 12.1 Å². The number of rotatable bonds is 4. The number of benzene rings is 2. The first kappa shape index (κ1) is 17.4. The molecule has 0 aliphatic rings. The molecule has 0 atom stereocenters. The number of hydrogen-bond donors (Lipinski definition) is 1. The summed E-state index contributed by atoms with van der Waals surface area (Å²) >= 11 is 5.75. The normalized spacial score (nSPS) is 12.0. The highest BCUT2D eigenvalue weighted by Gasteiger charge is 2.32. The minimum absolute atomic E-state index is 0.0866. The van der Waals surface area contributed by atoms with E-state index in [2.05, 4.69) is 4.72 Å². The monoisotopic (exact) mass is 365 g/mol. The number of nitrogens with one attached hydrogen (secondary N) is 1. The summed E-state index contributed by atoms with van der Waals surface area (Å²) in [6.45, 7) is 0. The lowest BCUT2D eigenvalue weighted by Crippen LogP contribution is -2.15. The van der Waals surface area contributed by atoms with E-state index < -0.39 is 26.7 Å². The minimum atomic E-state index is -4.68. The van der Waals surface area contributed by atoms with Crippen LogP contribution in [0.4, 0.5) is 18.9 Å². The Morgan fingerprint density at radius 1 is 1.13 bits per heavy atom. The third kappa shape index (κ3) is 3.89. The van der Waals surface area contributed by atoms with Crippen LogP contribution >= 0.6 is 11.6 Å². The van der Waals surface area contributed by atoms with Crippen molar-refractivity contribution in [1.29, 1.82) is 0 Å². The Balaban J connectivity index is 2.48. The number of anilines is 1. The third-order valence-corrected chi connectivity index (χ3v) is 4.75. The van der Waals surface area contributed by atoms with Gasteiger partial charge in [0.05, 0.1) is 23.4 Å². The predicted molar refractivity (Wildman–Crippen MR) is 80.3 cm³/mol. The van der Waals surface area contributed by atoms with Crippen LogP contribution in [0.25, 0.3) is 0 Å². The topological polar surface area (TPSA) is 55.4 Å². The molecule has 0 aliphatic carbocycles. The number of hydrogen-bond acceptors (Lipinski definition) is 3. The van der Waals surface area contributed by atoms with Crippen LogP contribution in [0.2, 0.25) is 5.02 Å². The Morgan fingerprint density at radius 3 is 2.39 bits per heavy atom. The molecule has 0 aliphatic heterocycles. The molecule has 2 aromatic rings. The second kappa shape index (κ2) is 6.29. The van der Waals surface area contributed by atoms with Crippen molar-refractivity contribution >= 4 is 27.3 Å². The maximum Gasteiger partial charge on any atom is 0.416 e. The van der Waals surface area contributed by atoms with Crippen LogP contribution in [0.3, 0.4) is 0 Å². The van der Waals surface area contributed by atoms with E-state index in [4.69, 9.17) is 16.3 Å². The third-order valence-electron chi connectivity index (χ3n) is 2.90. The molecule has 9 heteroatoms. The van der Waals surface area contributed by atoms with Gasteiger partial charge in [-0.15, -0.1) is 0 Å². The molecule has 0 fully saturated rings. The van der Waals surface area contributed by atoms with Gasteiger partial charge < -0.3 is 4.74 Å². The Hall–Kier alpha value is -1.93. The number of sulfonamides is 1. The van der Waals surface area contributed by atoms with E-state index >= 15 is 0 Å². The molecule has 0 saturated carbocycles. The Bertz CT molecular complexity index is 822. The van der Waals surface area contributed by atoms with Gasteiger partial charge >= 0.3 is 6.18 Å². The predicted octanol–water partition coefficient (Wildman–Crippen LogP) is 4.17. The summed E-state index contributed by atoms with van der Waals surface area (Å²) in [6, 6.07) is 8.18. The lowest BCUT2D eigenvalue weighted by molar-refractivity contribution is -0.137. The van der Waals surface area contributed by atoms with Crippen LogP contribution in [-0.2, 0) is 16.2 Å². The Morgan fingerprint density at radius 2 is 1.78 bits per heavy atom. The number of ether oxygens (including phenoxy) is 1. The number of para-hydroxylation sites is 2. The highest BCUT2D eigenvalue weighted by atomic mass is 35.5. The summed E-state index contributed by atoms with van der Waals surface area (Å²) in [6.07, 6.45) is -4.68. The summed E-state index contributed by atoms with van der Waals surface area (Å²) in [4.78, 5) is -0.667. The Labute approximate surface area is 135 Å². The number of methoxy groups -OCH3 is 1. The maximum absolute atomic E-state index is 12.8. The second-order valence-corrected chi connectivity index (χ2v) is 6.51. The van der Waals surface area contributed by atoms with Crippen molar-refractivity contribution in [3.8, 4) is 5.75 Å². The summed E-state index contributed by atoms with van der Waals surface area (Å²) in [7, 11) is -2.98. The standard InChI is InChI=1S/C14H11ClF3NO3S/c1-22-12-5-3-2-4-11(12)19-23(20,21)13-8-9(14(16,17)18)6-7-10(13)15/h2-8,19H,1H3. The largest absolute Gasteiger partial charge is 0.495 e. The molecule has 0 amide bonds. The van der Waals surface area contributed by atoms with Crippen LogP contribution in [0, 0.1) is 0 Å². The molecule has 0 heterocycles. The summed E-state index contributed by atoms with van der Waals surface area (Å²) in [5.74, 6) is 0.221. The highest BCUT2D eigenvalue weighted by molar-refractivity contribution is 7.92. The zero-order valence-corrected chi connectivity index (χ0v) is 13.3. The number of halogens is 4. The summed E-state index contributed by atoms with van der Waals surface area (Å²) < 4.78 is 70.1. The molecule has 0 saturated heterocycles. The molecule has 0 unspecified atom stereocenters. The van der Waals surface area contributed by atoms with E-state index in [1.807, 2.05) is 0 Å². The molecular formula is C14H11ClF3NO3S. The first-order valence-electron chi connectivity index (χ1n) is 6.18. The van der Waals surface area contributed by atoms with Gasteiger partial charge in [-0.05, 0) is 30.3 Å². The van der Waals surface area contributed by atoms with E-state index in [1.165, 1.54) is 19.2 Å². The molecule has 4 nitrogen and oxygen atoms in total. The Kier molecular flexibility index (Phi) is 4.76. The lowest BCUT2D eigenvalue weighted by Gasteiger charge is -2.14. The van der Waals surface area contributed by atoms with Crippen LogP contribution in [0.5, 0.6) is 5.75 Å². The van der Waals surface area contributed by atoms with Crippen LogP contribution in [0.1, 0.15) is 5.56 Å². The molecule has 23 heavy (non-hydrogen) atoms. The van der Waals surface area contributed by atoms with Gasteiger partial charge in [-0.25, -0.2) is 8.42 Å². The van der Waals surface area contributed by atoms with Crippen molar-refractivity contribution in [2.75, 3.05) is 11.8 Å². The summed E-state index contributed by atoms with van der Waals surface area (Å²) in [5.41, 5.74) is -1.02. The van der Waals surface area contributed by atoms with Crippen molar-refractivity contribution in [2.45, 2.75) is 11.1 Å². The van der Waals surface area contributed by atoms with Gasteiger partial charge in [0.15, 0.2) is 0 Å². The van der Waals surface area contributed by atoms with Gasteiger partial charge in [0.2, 0.25) is 0 Å². The van der Waals surface area contributed by atoms with E-state index in [-0.39, 0.29) is 16.5 Å². The smallest absolute Gasteiger partial charge is 0.416 e. The SMILES string of the molecule is COc1ccccc1NS(=O)(=O)c1cc(C(F)(F)F)ccc1Cl. The van der Waals surface area contributed by atoms with Crippen molar-refractivity contribution < 1.29 is 26.3 Å². The molecule has 2 rings (SSSR count). The molecular weight excluding hydrogens is 355 g/mol. The van der Waals surface area contributed by atoms with Crippen LogP contribution in [0.15, 0.2) is 47.4 Å². The molecule has 0 radical (unpaired) electrons. The number of alkyl halides is 3. The van der Waals surface area contributed by atoms with E-state index in [9.17, 15) is 21.6 Å². The molecule has 124 valence electrons. The average Bonchev–Trinajstić information content (AvgIpc) is 2.46. The molecule has 0 spiro atoms. The van der Waals surface area contributed by atoms with Crippen molar-refractivity contribution in [1.82, 2.24) is 0 Å². The van der Waals surface area contributed by atoms with Gasteiger partial charge in [0, 0.05) is 0 Å². The minimum Gasteiger partial charge on any atom is -0.495 e. The van der Waals surface area contributed by atoms with Gasteiger partial charge in [-0.1, -0.05) is 23.7 Å². The first-order valence-corrected chi connectivity index (χ1v) is 8.04. The average molecular weight is 366 g/mol. The van der Waals surface area contributed by atoms with E-state index in [1.54, 1.807) is 12.1 Å². The lowest BCUT2D eigenvalue weighted by atomic mass is 10.2. The molecule has 1 N–H and O–H groups in total. The highest BCUT2D eigenvalue weighted by Crippen LogP contribution is 2.34.